The van der Waals surface area contributed by atoms with Crippen LogP contribution in [0.5, 0.6) is 0 Å². The minimum absolute atomic E-state index is 0.212. The van der Waals surface area contributed by atoms with E-state index in [4.69, 9.17) is 9.47 Å². The number of carbonyl (C=O) groups excluding carboxylic acids is 2. The van der Waals surface area contributed by atoms with Gasteiger partial charge < -0.3 is 19.7 Å². The molecule has 2 aromatic rings. The van der Waals surface area contributed by atoms with Crippen molar-refractivity contribution >= 4 is 17.9 Å². The van der Waals surface area contributed by atoms with Crippen LogP contribution in [0.15, 0.2) is 65.7 Å². The number of alkyl carbamates (subject to hydrolysis) is 1. The smallest absolute Gasteiger partial charge is 0.408 e. The Morgan fingerprint density at radius 3 is 2.26 bits per heavy atom. The first kappa shape index (κ1) is 20.9. The van der Waals surface area contributed by atoms with Gasteiger partial charge in [0.05, 0.1) is 6.04 Å². The van der Waals surface area contributed by atoms with Crippen LogP contribution >= 0.6 is 0 Å². The molecule has 0 aliphatic carbocycles. The van der Waals surface area contributed by atoms with Crippen LogP contribution in [0.25, 0.3) is 0 Å². The van der Waals surface area contributed by atoms with Crippen molar-refractivity contribution in [3.05, 3.63) is 71.8 Å². The highest BCUT2D eigenvalue weighted by Crippen LogP contribution is 2.23. The van der Waals surface area contributed by atoms with Gasteiger partial charge in [-0.1, -0.05) is 60.7 Å². The lowest BCUT2D eigenvalue weighted by Crippen LogP contribution is -2.50. The summed E-state index contributed by atoms with van der Waals surface area (Å²) in [5.74, 6) is 0.497. The van der Waals surface area contributed by atoms with E-state index >= 15 is 0 Å². The van der Waals surface area contributed by atoms with Gasteiger partial charge in [-0.25, -0.2) is 9.59 Å². The zero-order valence-corrected chi connectivity index (χ0v) is 17.4. The standard InChI is InChI=1S/C24H27N3O4/c28-23(30-16-18-8-3-1-4-9-18)21-12-7-15-27(21)22-20(13-14-25-22)26-24(29)31-17-19-10-5-2-6-11-19/h1-6,8-11,20-21H,7,12-17H2,(H,26,29)/t20?,21-/m1/s1. The van der Waals surface area contributed by atoms with Gasteiger partial charge in [-0.15, -0.1) is 0 Å². The number of aliphatic imine (C=N–C) groups is 1. The Kier molecular flexibility index (Phi) is 6.82. The molecule has 0 aromatic heterocycles. The Balaban J connectivity index is 1.31. The largest absolute Gasteiger partial charge is 0.459 e. The average Bonchev–Trinajstić information content (AvgIpc) is 3.47. The molecule has 1 saturated heterocycles. The number of nitrogens with one attached hydrogen (secondary N) is 1. The molecule has 0 saturated carbocycles. The van der Waals surface area contributed by atoms with Gasteiger partial charge in [0.1, 0.15) is 25.1 Å². The average molecular weight is 421 g/mol. The summed E-state index contributed by atoms with van der Waals surface area (Å²) in [6, 6.07) is 18.6. The molecule has 2 heterocycles. The zero-order chi connectivity index (χ0) is 21.5. The van der Waals surface area contributed by atoms with Crippen LogP contribution < -0.4 is 5.32 Å². The van der Waals surface area contributed by atoms with Crippen LogP contribution in [0, 0.1) is 0 Å². The summed E-state index contributed by atoms with van der Waals surface area (Å²) in [4.78, 5) is 31.6. The number of benzene rings is 2. The van der Waals surface area contributed by atoms with Gasteiger partial charge in [-0.2, -0.15) is 0 Å². The first-order valence-electron chi connectivity index (χ1n) is 10.7. The van der Waals surface area contributed by atoms with E-state index < -0.39 is 6.09 Å². The van der Waals surface area contributed by atoms with Crippen molar-refractivity contribution in [3.63, 3.8) is 0 Å². The Morgan fingerprint density at radius 1 is 0.935 bits per heavy atom. The molecule has 7 nitrogen and oxygen atoms in total. The SMILES string of the molecule is O=C(NC1CCN=C1N1CCC[C@@H]1C(=O)OCc1ccccc1)OCc1ccccc1. The van der Waals surface area contributed by atoms with Gasteiger partial charge in [-0.05, 0) is 30.4 Å². The monoisotopic (exact) mass is 421 g/mol. The summed E-state index contributed by atoms with van der Waals surface area (Å²) in [7, 11) is 0. The number of nitrogens with zero attached hydrogens (tertiary/aromatic N) is 2. The van der Waals surface area contributed by atoms with Crippen LogP contribution in [-0.4, -0.2) is 48.0 Å². The second-order valence-electron chi connectivity index (χ2n) is 7.73. The minimum atomic E-state index is -0.481. The maximum Gasteiger partial charge on any atom is 0.408 e. The Morgan fingerprint density at radius 2 is 1.58 bits per heavy atom. The molecule has 0 radical (unpaired) electrons. The quantitative estimate of drug-likeness (QED) is 0.724. The number of rotatable bonds is 6. The molecule has 2 atom stereocenters. The minimum Gasteiger partial charge on any atom is -0.459 e. The van der Waals surface area contributed by atoms with E-state index in [1.54, 1.807) is 0 Å². The van der Waals surface area contributed by atoms with Gasteiger partial charge in [0.25, 0.3) is 0 Å². The molecule has 0 spiro atoms. The third-order valence-corrected chi connectivity index (χ3v) is 5.55. The molecular formula is C24H27N3O4. The van der Waals surface area contributed by atoms with E-state index in [0.717, 1.165) is 36.3 Å². The van der Waals surface area contributed by atoms with Gasteiger partial charge in [0.2, 0.25) is 0 Å². The number of amidine groups is 1. The van der Waals surface area contributed by atoms with Crippen molar-refractivity contribution in [1.82, 2.24) is 10.2 Å². The number of hydrogen-bond acceptors (Lipinski definition) is 6. The number of amides is 1. The van der Waals surface area contributed by atoms with Gasteiger partial charge in [0, 0.05) is 13.1 Å². The second kappa shape index (κ2) is 10.1. The summed E-state index contributed by atoms with van der Waals surface area (Å²) in [5, 5.41) is 2.91. The number of likely N-dealkylation sites (tertiary alicyclic amines) is 1. The molecule has 7 heteroatoms. The summed E-state index contributed by atoms with van der Waals surface area (Å²) in [6.45, 7) is 1.80. The predicted octanol–water partition coefficient (Wildman–Crippen LogP) is 3.29. The van der Waals surface area contributed by atoms with Gasteiger partial charge in [0.15, 0.2) is 0 Å². The molecule has 2 aromatic carbocycles. The molecule has 4 rings (SSSR count). The molecule has 1 N–H and O–H groups in total. The summed E-state index contributed by atoms with van der Waals surface area (Å²) < 4.78 is 10.9. The van der Waals surface area contributed by atoms with E-state index in [0.29, 0.717) is 13.0 Å². The molecular weight excluding hydrogens is 394 g/mol. The lowest BCUT2D eigenvalue weighted by molar-refractivity contribution is -0.149. The van der Waals surface area contributed by atoms with Gasteiger partial charge in [-0.3, -0.25) is 4.99 Å². The summed E-state index contributed by atoms with van der Waals surface area (Å²) in [5.41, 5.74) is 1.89. The molecule has 162 valence electrons. The Labute approximate surface area is 182 Å². The van der Waals surface area contributed by atoms with Crippen molar-refractivity contribution in [2.24, 2.45) is 4.99 Å². The lowest BCUT2D eigenvalue weighted by Gasteiger charge is -2.28. The van der Waals surface area contributed by atoms with Crippen LogP contribution in [-0.2, 0) is 27.5 Å². The zero-order valence-electron chi connectivity index (χ0n) is 17.4. The van der Waals surface area contributed by atoms with Gasteiger partial charge >= 0.3 is 12.1 Å². The van der Waals surface area contributed by atoms with E-state index in [9.17, 15) is 9.59 Å². The fraction of sp³-hybridized carbons (Fsp3) is 0.375. The fourth-order valence-corrected chi connectivity index (χ4v) is 3.99. The topological polar surface area (TPSA) is 80.2 Å². The molecule has 2 aliphatic heterocycles. The maximum absolute atomic E-state index is 12.7. The third-order valence-electron chi connectivity index (χ3n) is 5.55. The van der Waals surface area contributed by atoms with Crippen molar-refractivity contribution in [2.45, 2.75) is 44.6 Å². The second-order valence-corrected chi connectivity index (χ2v) is 7.73. The van der Waals surface area contributed by atoms with E-state index in [-0.39, 0.29) is 31.3 Å². The molecule has 1 unspecified atom stereocenters. The van der Waals surface area contributed by atoms with E-state index in [1.165, 1.54) is 0 Å². The van der Waals surface area contributed by atoms with Crippen molar-refractivity contribution in [2.75, 3.05) is 13.1 Å². The molecule has 1 fully saturated rings. The number of esters is 1. The van der Waals surface area contributed by atoms with Crippen molar-refractivity contribution in [3.8, 4) is 0 Å². The van der Waals surface area contributed by atoms with E-state index in [1.807, 2.05) is 65.6 Å². The highest BCUT2D eigenvalue weighted by atomic mass is 16.5. The number of carbonyl (C=O) groups is 2. The summed E-state index contributed by atoms with van der Waals surface area (Å²) >= 11 is 0. The Hall–Kier alpha value is -3.35. The van der Waals surface area contributed by atoms with Crippen LogP contribution in [0.1, 0.15) is 30.4 Å². The van der Waals surface area contributed by atoms with Crippen LogP contribution in [0.3, 0.4) is 0 Å². The molecule has 31 heavy (non-hydrogen) atoms. The van der Waals surface area contributed by atoms with Crippen LogP contribution in [0.4, 0.5) is 4.79 Å². The molecule has 0 bridgehead atoms. The molecule has 2 aliphatic rings. The highest BCUT2D eigenvalue weighted by Gasteiger charge is 2.38. The summed E-state index contributed by atoms with van der Waals surface area (Å²) in [6.07, 6.45) is 1.82. The predicted molar refractivity (Wildman–Crippen MR) is 116 cm³/mol. The normalized spacial score (nSPS) is 20.3. The first-order valence-corrected chi connectivity index (χ1v) is 10.7. The van der Waals surface area contributed by atoms with E-state index in [2.05, 4.69) is 10.3 Å². The number of ether oxygens (including phenoxy) is 2. The van der Waals surface area contributed by atoms with Crippen LogP contribution in [0.2, 0.25) is 0 Å². The fourth-order valence-electron chi connectivity index (χ4n) is 3.99. The van der Waals surface area contributed by atoms with Crippen molar-refractivity contribution < 1.29 is 19.1 Å². The van der Waals surface area contributed by atoms with Crippen molar-refractivity contribution in [1.29, 1.82) is 0 Å². The lowest BCUT2D eigenvalue weighted by atomic mass is 10.1. The maximum atomic E-state index is 12.7. The third kappa shape index (κ3) is 5.42. The first-order chi connectivity index (χ1) is 15.2. The number of hydrogen-bond donors (Lipinski definition) is 1. The Bertz CT molecular complexity index is 917. The highest BCUT2D eigenvalue weighted by molar-refractivity contribution is 5.95. The molecule has 1 amide bonds.